The van der Waals surface area contributed by atoms with Crippen molar-refractivity contribution in [2.24, 2.45) is 0 Å². The van der Waals surface area contributed by atoms with E-state index in [4.69, 9.17) is 5.26 Å². The van der Waals surface area contributed by atoms with Crippen molar-refractivity contribution in [1.82, 2.24) is 14.7 Å². The lowest BCUT2D eigenvalue weighted by molar-refractivity contribution is -0.137. The van der Waals surface area contributed by atoms with Gasteiger partial charge in [-0.2, -0.15) is 23.5 Å². The number of hydrogen-bond donors (Lipinski definition) is 0. The van der Waals surface area contributed by atoms with Crippen molar-refractivity contribution >= 4 is 5.91 Å². The van der Waals surface area contributed by atoms with Crippen molar-refractivity contribution in [2.75, 3.05) is 6.54 Å². The van der Waals surface area contributed by atoms with Gasteiger partial charge in [0.15, 0.2) is 0 Å². The van der Waals surface area contributed by atoms with Gasteiger partial charge in [-0.1, -0.05) is 24.3 Å². The van der Waals surface area contributed by atoms with E-state index in [1.54, 1.807) is 55.2 Å². The summed E-state index contributed by atoms with van der Waals surface area (Å²) in [4.78, 5) is 14.7. The van der Waals surface area contributed by atoms with Crippen LogP contribution >= 0.6 is 0 Å². The topological polar surface area (TPSA) is 61.9 Å². The van der Waals surface area contributed by atoms with E-state index in [0.717, 1.165) is 17.7 Å². The van der Waals surface area contributed by atoms with E-state index in [1.165, 1.54) is 10.7 Å². The molecule has 0 unspecified atom stereocenters. The number of nitrogens with zero attached hydrogens (tertiary/aromatic N) is 4. The molecule has 0 saturated heterocycles. The molecular weight excluding hydrogens is 429 g/mol. The molecule has 0 atom stereocenters. The predicted octanol–water partition coefficient (Wildman–Crippen LogP) is 5.14. The molecule has 0 N–H and O–H groups in total. The fourth-order valence-electron chi connectivity index (χ4n) is 3.57. The number of rotatable bonds is 7. The second-order valence-electron chi connectivity index (χ2n) is 7.66. The van der Waals surface area contributed by atoms with Gasteiger partial charge in [0.1, 0.15) is 0 Å². The van der Waals surface area contributed by atoms with Gasteiger partial charge in [-0.3, -0.25) is 4.79 Å². The van der Waals surface area contributed by atoms with E-state index in [1.807, 2.05) is 0 Å². The number of hydrogen-bond acceptors (Lipinski definition) is 3. The van der Waals surface area contributed by atoms with Gasteiger partial charge in [-0.15, -0.1) is 6.58 Å². The van der Waals surface area contributed by atoms with Crippen LogP contribution in [0.25, 0.3) is 5.69 Å². The highest BCUT2D eigenvalue weighted by Gasteiger charge is 2.31. The zero-order valence-electron chi connectivity index (χ0n) is 18.4. The number of aromatic nitrogens is 2. The number of alkyl halides is 3. The van der Waals surface area contributed by atoms with Gasteiger partial charge in [-0.25, -0.2) is 4.68 Å². The maximum Gasteiger partial charge on any atom is 0.416 e. The van der Waals surface area contributed by atoms with Crippen molar-refractivity contribution in [1.29, 1.82) is 5.26 Å². The highest BCUT2D eigenvalue weighted by molar-refractivity contribution is 5.79. The van der Waals surface area contributed by atoms with Crippen molar-refractivity contribution < 1.29 is 18.0 Å². The van der Waals surface area contributed by atoms with Crippen molar-refractivity contribution in [2.45, 2.75) is 33.0 Å². The molecule has 1 heterocycles. The molecule has 2 aromatic carbocycles. The Labute approximate surface area is 190 Å². The summed E-state index contributed by atoms with van der Waals surface area (Å²) in [5.74, 6) is -0.158. The first-order valence-corrected chi connectivity index (χ1v) is 10.2. The molecule has 8 heteroatoms. The molecule has 1 amide bonds. The molecule has 3 aromatic rings. The molecule has 0 radical (unpaired) electrons. The van der Waals surface area contributed by atoms with Gasteiger partial charge in [0, 0.05) is 24.3 Å². The number of carbonyl (C=O) groups is 1. The Morgan fingerprint density at radius 2 is 1.91 bits per heavy atom. The van der Waals surface area contributed by atoms with Crippen LogP contribution < -0.4 is 0 Å². The monoisotopic (exact) mass is 452 g/mol. The first kappa shape index (κ1) is 23.8. The average molecular weight is 452 g/mol. The minimum Gasteiger partial charge on any atom is -0.334 e. The van der Waals surface area contributed by atoms with Gasteiger partial charge >= 0.3 is 6.18 Å². The number of halogens is 3. The van der Waals surface area contributed by atoms with Crippen LogP contribution in [0, 0.1) is 25.2 Å². The SMILES string of the molecule is C=CCN(Cc1ccc(C#N)cc1)C(=O)Cc1c(C)nn(-c2cccc(C(F)(F)F)c2)c1C. The Hall–Kier alpha value is -3.86. The summed E-state index contributed by atoms with van der Waals surface area (Å²) in [6.45, 7) is 7.87. The number of nitriles is 1. The number of aryl methyl sites for hydroxylation is 1. The first-order valence-electron chi connectivity index (χ1n) is 10.2. The van der Waals surface area contributed by atoms with Crippen LogP contribution in [0.4, 0.5) is 13.2 Å². The third-order valence-electron chi connectivity index (χ3n) is 5.35. The lowest BCUT2D eigenvalue weighted by Gasteiger charge is -2.21. The van der Waals surface area contributed by atoms with Crippen LogP contribution in [0.3, 0.4) is 0 Å². The summed E-state index contributed by atoms with van der Waals surface area (Å²) in [6, 6.07) is 14.0. The third kappa shape index (κ3) is 5.50. The van der Waals surface area contributed by atoms with E-state index in [9.17, 15) is 18.0 Å². The largest absolute Gasteiger partial charge is 0.416 e. The normalized spacial score (nSPS) is 11.2. The van der Waals surface area contributed by atoms with E-state index in [-0.39, 0.29) is 18.0 Å². The highest BCUT2D eigenvalue weighted by atomic mass is 19.4. The van der Waals surface area contributed by atoms with E-state index >= 15 is 0 Å². The molecule has 33 heavy (non-hydrogen) atoms. The van der Waals surface area contributed by atoms with Gasteiger partial charge in [0.05, 0.1) is 35.0 Å². The maximum absolute atomic E-state index is 13.1. The zero-order chi connectivity index (χ0) is 24.2. The lowest BCUT2D eigenvalue weighted by atomic mass is 10.1. The number of amides is 1. The summed E-state index contributed by atoms with van der Waals surface area (Å²) >= 11 is 0. The Kier molecular flexibility index (Phi) is 7.02. The van der Waals surface area contributed by atoms with Crippen molar-refractivity contribution in [3.8, 4) is 11.8 Å². The Morgan fingerprint density at radius 3 is 2.52 bits per heavy atom. The van der Waals surface area contributed by atoms with Gasteiger partial charge in [-0.05, 0) is 49.7 Å². The van der Waals surface area contributed by atoms with Crippen LogP contribution in [0.2, 0.25) is 0 Å². The molecule has 0 saturated carbocycles. The quantitative estimate of drug-likeness (QED) is 0.467. The summed E-state index contributed by atoms with van der Waals surface area (Å²) in [7, 11) is 0. The van der Waals surface area contributed by atoms with Gasteiger partial charge < -0.3 is 4.90 Å². The minimum atomic E-state index is -4.46. The molecule has 0 aliphatic carbocycles. The third-order valence-corrected chi connectivity index (χ3v) is 5.35. The Bertz CT molecular complexity index is 1200. The first-order chi connectivity index (χ1) is 15.6. The molecule has 0 aliphatic heterocycles. The molecule has 0 fully saturated rings. The highest BCUT2D eigenvalue weighted by Crippen LogP contribution is 2.31. The van der Waals surface area contributed by atoms with Crippen LogP contribution in [0.5, 0.6) is 0 Å². The average Bonchev–Trinajstić information content (AvgIpc) is 3.07. The molecule has 5 nitrogen and oxygen atoms in total. The fraction of sp³-hybridized carbons (Fsp3) is 0.240. The molecule has 1 aromatic heterocycles. The van der Waals surface area contributed by atoms with Crippen LogP contribution in [0.15, 0.2) is 61.2 Å². The molecule has 0 spiro atoms. The predicted molar refractivity (Wildman–Crippen MR) is 119 cm³/mol. The van der Waals surface area contributed by atoms with Gasteiger partial charge in [0.25, 0.3) is 0 Å². The van der Waals surface area contributed by atoms with Gasteiger partial charge in [0.2, 0.25) is 5.91 Å². The molecule has 170 valence electrons. The standard InChI is InChI=1S/C25H23F3N4O/c1-4-12-31(16-20-10-8-19(15-29)9-11-20)24(33)14-23-17(2)30-32(18(23)3)22-7-5-6-21(13-22)25(26,27)28/h4-11,13H,1,12,14,16H2,2-3H3. The minimum absolute atomic E-state index is 0.0563. The van der Waals surface area contributed by atoms with E-state index in [0.29, 0.717) is 35.6 Å². The number of benzene rings is 2. The summed E-state index contributed by atoms with van der Waals surface area (Å²) < 4.78 is 40.8. The fourth-order valence-corrected chi connectivity index (χ4v) is 3.57. The molecule has 0 aliphatic rings. The van der Waals surface area contributed by atoms with Crippen molar-refractivity contribution in [3.05, 3.63) is 94.8 Å². The van der Waals surface area contributed by atoms with Crippen LogP contribution in [-0.4, -0.2) is 27.1 Å². The van der Waals surface area contributed by atoms with E-state index < -0.39 is 11.7 Å². The van der Waals surface area contributed by atoms with Crippen molar-refractivity contribution in [3.63, 3.8) is 0 Å². The summed E-state index contributed by atoms with van der Waals surface area (Å²) in [6.07, 6.45) is -2.77. The van der Waals surface area contributed by atoms with Crippen LogP contribution in [0.1, 0.15) is 33.6 Å². The second-order valence-corrected chi connectivity index (χ2v) is 7.66. The molecular formula is C25H23F3N4O. The molecule has 0 bridgehead atoms. The van der Waals surface area contributed by atoms with E-state index in [2.05, 4.69) is 17.7 Å². The lowest BCUT2D eigenvalue weighted by Crippen LogP contribution is -2.32. The summed E-state index contributed by atoms with van der Waals surface area (Å²) in [5, 5.41) is 13.3. The maximum atomic E-state index is 13.1. The zero-order valence-corrected chi connectivity index (χ0v) is 18.4. The second kappa shape index (κ2) is 9.74. The number of carbonyl (C=O) groups excluding carboxylic acids is 1. The Morgan fingerprint density at radius 1 is 1.21 bits per heavy atom. The van der Waals surface area contributed by atoms with Crippen LogP contribution in [-0.2, 0) is 23.9 Å². The summed E-state index contributed by atoms with van der Waals surface area (Å²) in [5.41, 5.74) is 2.79. The Balaban J connectivity index is 1.84. The molecule has 3 rings (SSSR count). The smallest absolute Gasteiger partial charge is 0.334 e.